The summed E-state index contributed by atoms with van der Waals surface area (Å²) >= 11 is 0. The van der Waals surface area contributed by atoms with Gasteiger partial charge in [0.2, 0.25) is 0 Å². The van der Waals surface area contributed by atoms with Gasteiger partial charge in [-0.3, -0.25) is 0 Å². The molecule has 2 aliphatic heterocycles. The number of likely N-dealkylation sites (tertiary alicyclic amines) is 1. The van der Waals surface area contributed by atoms with Crippen LogP contribution in [0.4, 0.5) is 0 Å². The SMILES string of the molecule is C[C@@H]1CN(C)CC[C@]12Cc1ccccc1O2. The molecule has 86 valence electrons. The summed E-state index contributed by atoms with van der Waals surface area (Å²) in [6, 6.07) is 8.49. The number of fused-ring (bicyclic) bond motifs is 1. The molecule has 0 unspecified atom stereocenters. The van der Waals surface area contributed by atoms with Crippen molar-refractivity contribution in [2.45, 2.75) is 25.4 Å². The number of benzene rings is 1. The van der Waals surface area contributed by atoms with Gasteiger partial charge in [-0.2, -0.15) is 0 Å². The van der Waals surface area contributed by atoms with E-state index in [4.69, 9.17) is 4.74 Å². The van der Waals surface area contributed by atoms with Crippen LogP contribution in [-0.2, 0) is 6.42 Å². The van der Waals surface area contributed by atoms with Gasteiger partial charge in [0, 0.05) is 31.8 Å². The Balaban J connectivity index is 1.88. The normalized spacial score (nSPS) is 33.8. The van der Waals surface area contributed by atoms with Crippen molar-refractivity contribution < 1.29 is 4.74 Å². The van der Waals surface area contributed by atoms with Gasteiger partial charge >= 0.3 is 0 Å². The Morgan fingerprint density at radius 1 is 1.38 bits per heavy atom. The van der Waals surface area contributed by atoms with Gasteiger partial charge in [-0.15, -0.1) is 0 Å². The summed E-state index contributed by atoms with van der Waals surface area (Å²) in [7, 11) is 2.20. The zero-order chi connectivity index (χ0) is 11.2. The molecule has 1 fully saturated rings. The first-order valence-corrected chi connectivity index (χ1v) is 6.15. The second kappa shape index (κ2) is 3.49. The lowest BCUT2D eigenvalue weighted by atomic mass is 9.79. The molecule has 0 radical (unpaired) electrons. The van der Waals surface area contributed by atoms with Crippen LogP contribution in [0.5, 0.6) is 5.75 Å². The summed E-state index contributed by atoms with van der Waals surface area (Å²) in [5.41, 5.74) is 1.47. The highest BCUT2D eigenvalue weighted by molar-refractivity contribution is 5.39. The number of hydrogen-bond donors (Lipinski definition) is 0. The summed E-state index contributed by atoms with van der Waals surface area (Å²) in [4.78, 5) is 2.41. The summed E-state index contributed by atoms with van der Waals surface area (Å²) in [6.07, 6.45) is 2.25. The molecular formula is C14H19NO. The van der Waals surface area contributed by atoms with E-state index < -0.39 is 0 Å². The molecule has 1 aromatic rings. The average Bonchev–Trinajstić information content (AvgIpc) is 2.64. The van der Waals surface area contributed by atoms with Gasteiger partial charge in [0.05, 0.1) is 0 Å². The molecule has 0 bridgehead atoms. The van der Waals surface area contributed by atoms with E-state index in [2.05, 4.69) is 43.1 Å². The number of hydrogen-bond acceptors (Lipinski definition) is 2. The largest absolute Gasteiger partial charge is 0.486 e. The Labute approximate surface area is 97.2 Å². The smallest absolute Gasteiger partial charge is 0.123 e. The third-order valence-corrected chi connectivity index (χ3v) is 4.18. The minimum atomic E-state index is 0.0796. The Morgan fingerprint density at radius 2 is 2.19 bits per heavy atom. The van der Waals surface area contributed by atoms with Crippen molar-refractivity contribution in [2.75, 3.05) is 20.1 Å². The minimum absolute atomic E-state index is 0.0796. The molecule has 3 rings (SSSR count). The molecule has 2 atom stereocenters. The Morgan fingerprint density at radius 3 is 2.94 bits per heavy atom. The second-order valence-corrected chi connectivity index (χ2v) is 5.36. The second-order valence-electron chi connectivity index (χ2n) is 5.36. The van der Waals surface area contributed by atoms with Crippen LogP contribution in [0.3, 0.4) is 0 Å². The molecule has 0 N–H and O–H groups in total. The van der Waals surface area contributed by atoms with Gasteiger partial charge in [0.25, 0.3) is 0 Å². The van der Waals surface area contributed by atoms with E-state index in [0.717, 1.165) is 31.7 Å². The Hall–Kier alpha value is -1.02. The van der Waals surface area contributed by atoms with E-state index in [0.29, 0.717) is 5.92 Å². The van der Waals surface area contributed by atoms with E-state index in [1.807, 2.05) is 0 Å². The lowest BCUT2D eigenvalue weighted by Crippen LogP contribution is -2.52. The maximum absolute atomic E-state index is 6.27. The molecule has 16 heavy (non-hydrogen) atoms. The maximum atomic E-state index is 6.27. The standard InChI is InChI=1S/C14H19NO/c1-11-10-15(2)8-7-14(11)9-12-5-3-4-6-13(12)16-14/h3-6,11H,7-10H2,1-2H3/t11-,14+/m1/s1. The van der Waals surface area contributed by atoms with Crippen molar-refractivity contribution in [1.82, 2.24) is 4.90 Å². The predicted molar refractivity (Wildman–Crippen MR) is 64.8 cm³/mol. The minimum Gasteiger partial charge on any atom is -0.486 e. The van der Waals surface area contributed by atoms with Gasteiger partial charge < -0.3 is 9.64 Å². The maximum Gasteiger partial charge on any atom is 0.123 e. The third-order valence-electron chi connectivity index (χ3n) is 4.18. The zero-order valence-corrected chi connectivity index (χ0v) is 10.1. The van der Waals surface area contributed by atoms with Crippen LogP contribution in [0.15, 0.2) is 24.3 Å². The zero-order valence-electron chi connectivity index (χ0n) is 10.1. The van der Waals surface area contributed by atoms with E-state index in [1.165, 1.54) is 5.56 Å². The van der Waals surface area contributed by atoms with Gasteiger partial charge in [-0.1, -0.05) is 25.1 Å². The van der Waals surface area contributed by atoms with Crippen molar-refractivity contribution in [1.29, 1.82) is 0 Å². The molecule has 2 nitrogen and oxygen atoms in total. The van der Waals surface area contributed by atoms with Gasteiger partial charge in [0.1, 0.15) is 11.4 Å². The number of rotatable bonds is 0. The topological polar surface area (TPSA) is 12.5 Å². The van der Waals surface area contributed by atoms with Crippen LogP contribution < -0.4 is 4.74 Å². The fourth-order valence-corrected chi connectivity index (χ4v) is 3.09. The van der Waals surface area contributed by atoms with E-state index in [1.54, 1.807) is 0 Å². The third kappa shape index (κ3) is 1.44. The lowest BCUT2D eigenvalue weighted by molar-refractivity contribution is -0.0212. The summed E-state index contributed by atoms with van der Waals surface area (Å²) in [5, 5.41) is 0. The van der Waals surface area contributed by atoms with Crippen molar-refractivity contribution in [3.63, 3.8) is 0 Å². The van der Waals surface area contributed by atoms with E-state index >= 15 is 0 Å². The van der Waals surface area contributed by atoms with Crippen molar-refractivity contribution in [3.05, 3.63) is 29.8 Å². The van der Waals surface area contributed by atoms with Gasteiger partial charge in [-0.05, 0) is 18.7 Å². The molecule has 0 saturated carbocycles. The molecule has 2 heteroatoms. The first kappa shape index (κ1) is 10.2. The van der Waals surface area contributed by atoms with Crippen molar-refractivity contribution in [2.24, 2.45) is 5.92 Å². The number of nitrogens with zero attached hydrogens (tertiary/aromatic N) is 1. The molecule has 2 aliphatic rings. The van der Waals surface area contributed by atoms with Crippen LogP contribution >= 0.6 is 0 Å². The van der Waals surface area contributed by atoms with Crippen LogP contribution in [-0.4, -0.2) is 30.6 Å². The fourth-order valence-electron chi connectivity index (χ4n) is 3.09. The highest BCUT2D eigenvalue weighted by atomic mass is 16.5. The first-order valence-electron chi connectivity index (χ1n) is 6.15. The molecular weight excluding hydrogens is 198 g/mol. The quantitative estimate of drug-likeness (QED) is 0.661. The summed E-state index contributed by atoms with van der Waals surface area (Å²) in [6.45, 7) is 4.62. The molecule has 1 aromatic carbocycles. The number of piperidine rings is 1. The summed E-state index contributed by atoms with van der Waals surface area (Å²) in [5.74, 6) is 1.72. The highest BCUT2D eigenvalue weighted by Gasteiger charge is 2.46. The fraction of sp³-hybridized carbons (Fsp3) is 0.571. The monoisotopic (exact) mass is 217 g/mol. The van der Waals surface area contributed by atoms with Gasteiger partial charge in [-0.25, -0.2) is 0 Å². The molecule has 1 spiro atoms. The Kier molecular flexibility index (Phi) is 2.21. The molecule has 0 amide bonds. The first-order chi connectivity index (χ1) is 7.70. The summed E-state index contributed by atoms with van der Waals surface area (Å²) < 4.78 is 6.27. The molecule has 0 aliphatic carbocycles. The van der Waals surface area contributed by atoms with Gasteiger partial charge in [0.15, 0.2) is 0 Å². The van der Waals surface area contributed by atoms with E-state index in [-0.39, 0.29) is 5.60 Å². The van der Waals surface area contributed by atoms with Crippen LogP contribution in [0.1, 0.15) is 18.9 Å². The average molecular weight is 217 g/mol. The van der Waals surface area contributed by atoms with Crippen LogP contribution in [0.2, 0.25) is 0 Å². The molecule has 1 saturated heterocycles. The van der Waals surface area contributed by atoms with Crippen LogP contribution in [0, 0.1) is 5.92 Å². The number of ether oxygens (including phenoxy) is 1. The lowest BCUT2D eigenvalue weighted by Gasteiger charge is -2.42. The Bertz CT molecular complexity index is 376. The molecule has 2 heterocycles. The highest BCUT2D eigenvalue weighted by Crippen LogP contribution is 2.43. The van der Waals surface area contributed by atoms with Crippen molar-refractivity contribution in [3.8, 4) is 5.75 Å². The molecule has 0 aromatic heterocycles. The van der Waals surface area contributed by atoms with Crippen LogP contribution in [0.25, 0.3) is 0 Å². The predicted octanol–water partition coefficient (Wildman–Crippen LogP) is 2.33. The number of para-hydroxylation sites is 1. The van der Waals surface area contributed by atoms with Crippen molar-refractivity contribution >= 4 is 0 Å². The van der Waals surface area contributed by atoms with E-state index in [9.17, 15) is 0 Å².